The third-order valence-electron chi connectivity index (χ3n) is 14.8. The molecular formula is C66H45N3Si. The molecular weight excluding hydrogens is 863 g/mol. The molecule has 0 N–H and O–H groups in total. The summed E-state index contributed by atoms with van der Waals surface area (Å²) in [6, 6.07) is 102. The second kappa shape index (κ2) is 16.1. The number of para-hydroxylation sites is 6. The summed E-state index contributed by atoms with van der Waals surface area (Å²) in [5.41, 5.74) is 12.9. The molecule has 0 spiro atoms. The van der Waals surface area contributed by atoms with Gasteiger partial charge in [-0.1, -0.05) is 231 Å². The van der Waals surface area contributed by atoms with E-state index in [0.29, 0.717) is 0 Å². The van der Waals surface area contributed by atoms with Crippen LogP contribution in [0.2, 0.25) is 0 Å². The van der Waals surface area contributed by atoms with Gasteiger partial charge in [-0.2, -0.15) is 0 Å². The van der Waals surface area contributed by atoms with E-state index in [2.05, 4.69) is 287 Å². The summed E-state index contributed by atoms with van der Waals surface area (Å²) in [5.74, 6) is 0. The van der Waals surface area contributed by atoms with Crippen molar-refractivity contribution in [3.8, 4) is 28.2 Å². The van der Waals surface area contributed by atoms with E-state index < -0.39 is 8.07 Å². The van der Waals surface area contributed by atoms with Crippen molar-refractivity contribution in [1.82, 2.24) is 13.7 Å². The van der Waals surface area contributed by atoms with Gasteiger partial charge in [-0.15, -0.1) is 0 Å². The van der Waals surface area contributed by atoms with E-state index in [4.69, 9.17) is 0 Å². The first-order valence-corrected chi connectivity index (χ1v) is 26.2. The van der Waals surface area contributed by atoms with Gasteiger partial charge >= 0.3 is 0 Å². The average Bonchev–Trinajstić information content (AvgIpc) is 4.09. The van der Waals surface area contributed by atoms with Crippen molar-refractivity contribution in [3.63, 3.8) is 0 Å². The van der Waals surface area contributed by atoms with Gasteiger partial charge in [0, 0.05) is 37.9 Å². The van der Waals surface area contributed by atoms with Crippen LogP contribution < -0.4 is 20.7 Å². The Morgan fingerprint density at radius 1 is 0.243 bits per heavy atom. The fraction of sp³-hybridized carbons (Fsp3) is 0. The maximum Gasteiger partial charge on any atom is 0.181 e. The molecule has 14 aromatic rings. The quantitative estimate of drug-likeness (QED) is 0.107. The van der Waals surface area contributed by atoms with Crippen LogP contribution >= 0.6 is 0 Å². The SMILES string of the molecule is c1ccc(-c2ccccc2-n2c3ccccc3c3c(-n4c5c(-n6c7ccccc7c7ccccc76)cccc5c5cccc([Si](c6ccccc6)(c6ccccc6)c6ccccc6)c54)cccc32)cc1. The summed E-state index contributed by atoms with van der Waals surface area (Å²) < 4.78 is 7.69. The van der Waals surface area contributed by atoms with Crippen molar-refractivity contribution < 1.29 is 0 Å². The molecule has 0 saturated heterocycles. The number of aromatic nitrogens is 3. The zero-order chi connectivity index (χ0) is 46.2. The van der Waals surface area contributed by atoms with Crippen LogP contribution in [-0.2, 0) is 0 Å². The normalized spacial score (nSPS) is 12.0. The molecule has 4 heteroatoms. The van der Waals surface area contributed by atoms with Crippen LogP contribution in [-0.4, -0.2) is 21.8 Å². The summed E-state index contributed by atoms with van der Waals surface area (Å²) in [6.45, 7) is 0. The summed E-state index contributed by atoms with van der Waals surface area (Å²) in [7, 11) is -3.11. The smallest absolute Gasteiger partial charge is 0.181 e. The lowest BCUT2D eigenvalue weighted by Gasteiger charge is -2.35. The molecule has 0 unspecified atom stereocenters. The highest BCUT2D eigenvalue weighted by molar-refractivity contribution is 7.20. The van der Waals surface area contributed by atoms with E-state index in [-0.39, 0.29) is 0 Å². The molecule has 328 valence electrons. The molecule has 0 atom stereocenters. The molecule has 0 aliphatic heterocycles. The van der Waals surface area contributed by atoms with Crippen LogP contribution in [0.15, 0.2) is 273 Å². The van der Waals surface area contributed by atoms with E-state index in [0.717, 1.165) is 22.6 Å². The van der Waals surface area contributed by atoms with E-state index in [1.807, 2.05) is 0 Å². The van der Waals surface area contributed by atoms with Crippen LogP contribution in [0, 0.1) is 0 Å². The van der Waals surface area contributed by atoms with Gasteiger partial charge in [0.2, 0.25) is 0 Å². The predicted molar refractivity (Wildman–Crippen MR) is 299 cm³/mol. The minimum Gasteiger partial charge on any atom is -0.309 e. The lowest BCUT2D eigenvalue weighted by atomic mass is 10.0. The molecule has 0 aliphatic rings. The van der Waals surface area contributed by atoms with Crippen molar-refractivity contribution in [2.45, 2.75) is 0 Å². The summed E-state index contributed by atoms with van der Waals surface area (Å²) in [5, 5.41) is 12.7. The Hall–Kier alpha value is -8.96. The first-order chi connectivity index (χ1) is 34.8. The highest BCUT2D eigenvalue weighted by Crippen LogP contribution is 2.44. The zero-order valence-corrected chi connectivity index (χ0v) is 39.3. The number of fused-ring (bicyclic) bond motifs is 9. The molecule has 3 nitrogen and oxygen atoms in total. The maximum atomic E-state index is 2.68. The van der Waals surface area contributed by atoms with E-state index in [1.54, 1.807) is 0 Å². The Morgan fingerprint density at radius 2 is 0.643 bits per heavy atom. The predicted octanol–water partition coefficient (Wildman–Crippen LogP) is 14.0. The van der Waals surface area contributed by atoms with Gasteiger partial charge in [-0.25, -0.2) is 0 Å². The maximum absolute atomic E-state index is 3.11. The summed E-state index contributed by atoms with van der Waals surface area (Å²) in [6.07, 6.45) is 0. The molecule has 3 aromatic heterocycles. The summed E-state index contributed by atoms with van der Waals surface area (Å²) >= 11 is 0. The zero-order valence-electron chi connectivity index (χ0n) is 38.3. The molecule has 0 bridgehead atoms. The Kier molecular flexibility index (Phi) is 9.23. The molecule has 11 aromatic carbocycles. The van der Waals surface area contributed by atoms with E-state index >= 15 is 0 Å². The minimum atomic E-state index is -3.11. The largest absolute Gasteiger partial charge is 0.309 e. The Balaban J connectivity index is 1.21. The van der Waals surface area contributed by atoms with E-state index in [1.165, 1.54) is 91.8 Å². The number of rotatable bonds is 8. The van der Waals surface area contributed by atoms with Gasteiger partial charge in [-0.05, 0) is 68.8 Å². The highest BCUT2D eigenvalue weighted by atomic mass is 28.3. The molecule has 14 rings (SSSR count). The van der Waals surface area contributed by atoms with Crippen LogP contribution in [0.3, 0.4) is 0 Å². The topological polar surface area (TPSA) is 14.8 Å². The number of hydrogen-bond acceptors (Lipinski definition) is 0. The van der Waals surface area contributed by atoms with Crippen LogP contribution in [0.5, 0.6) is 0 Å². The van der Waals surface area contributed by atoms with Gasteiger partial charge in [0.1, 0.15) is 0 Å². The van der Waals surface area contributed by atoms with Crippen LogP contribution in [0.1, 0.15) is 0 Å². The van der Waals surface area contributed by atoms with Gasteiger partial charge in [0.05, 0.1) is 50.2 Å². The third kappa shape index (κ3) is 5.81. The Bertz CT molecular complexity index is 4130. The summed E-state index contributed by atoms with van der Waals surface area (Å²) in [4.78, 5) is 0. The number of benzene rings is 11. The second-order valence-corrected chi connectivity index (χ2v) is 22.1. The standard InChI is InChI=1S/C66H45N3Si/c1-5-24-46(25-6-1)50-32-13-17-38-56(50)67-59-41-20-16-35-55(59)64-60(67)42-23-43-61(64)69-65-53(36-21-44-62(65)68-57-39-18-14-33-51(57)52-34-15-19-40-58(52)68)54-37-22-45-63(66(54)69)70(47-26-7-2-8-27-47,48-28-9-3-10-29-48)49-30-11-4-12-31-49/h1-45H. The van der Waals surface area contributed by atoms with Gasteiger partial charge < -0.3 is 13.7 Å². The average molecular weight is 908 g/mol. The molecule has 0 aliphatic carbocycles. The molecule has 3 heterocycles. The van der Waals surface area contributed by atoms with Gasteiger partial charge in [-0.3, -0.25) is 0 Å². The van der Waals surface area contributed by atoms with E-state index in [9.17, 15) is 0 Å². The molecule has 0 amide bonds. The van der Waals surface area contributed by atoms with Crippen molar-refractivity contribution >= 4 is 94.2 Å². The number of nitrogens with zero attached hydrogens (tertiary/aromatic N) is 3. The van der Waals surface area contributed by atoms with Crippen LogP contribution in [0.25, 0.3) is 93.6 Å². The Labute approximate surface area is 407 Å². The fourth-order valence-electron chi connectivity index (χ4n) is 12.0. The van der Waals surface area contributed by atoms with Gasteiger partial charge in [0.15, 0.2) is 8.07 Å². The first-order valence-electron chi connectivity index (χ1n) is 24.2. The van der Waals surface area contributed by atoms with Gasteiger partial charge in [0.25, 0.3) is 0 Å². The first kappa shape index (κ1) is 40.1. The molecule has 0 saturated carbocycles. The van der Waals surface area contributed by atoms with Crippen molar-refractivity contribution in [2.24, 2.45) is 0 Å². The monoisotopic (exact) mass is 907 g/mol. The molecule has 0 radical (unpaired) electrons. The lowest BCUT2D eigenvalue weighted by molar-refractivity contribution is 1.14. The Morgan fingerprint density at radius 3 is 1.26 bits per heavy atom. The van der Waals surface area contributed by atoms with Crippen molar-refractivity contribution in [3.05, 3.63) is 273 Å². The second-order valence-electron chi connectivity index (χ2n) is 18.3. The highest BCUT2D eigenvalue weighted by Gasteiger charge is 2.44. The number of hydrogen-bond donors (Lipinski definition) is 0. The molecule has 0 fully saturated rings. The lowest BCUT2D eigenvalue weighted by Crippen LogP contribution is -2.75. The minimum absolute atomic E-state index is 1.14. The fourth-order valence-corrected chi connectivity index (χ4v) is 17.0. The third-order valence-corrected chi connectivity index (χ3v) is 19.6. The molecule has 70 heavy (non-hydrogen) atoms. The van der Waals surface area contributed by atoms with Crippen molar-refractivity contribution in [2.75, 3.05) is 0 Å². The van der Waals surface area contributed by atoms with Crippen LogP contribution in [0.4, 0.5) is 0 Å². The van der Waals surface area contributed by atoms with Crippen molar-refractivity contribution in [1.29, 1.82) is 0 Å².